The van der Waals surface area contributed by atoms with Gasteiger partial charge in [-0.25, -0.2) is 13.1 Å². The van der Waals surface area contributed by atoms with Gasteiger partial charge in [-0.2, -0.15) is 5.10 Å². The van der Waals surface area contributed by atoms with E-state index in [0.717, 1.165) is 23.9 Å². The van der Waals surface area contributed by atoms with Crippen LogP contribution in [0.15, 0.2) is 65.8 Å². The summed E-state index contributed by atoms with van der Waals surface area (Å²) in [5.74, 6) is -0.143. The summed E-state index contributed by atoms with van der Waals surface area (Å²) in [6.45, 7) is 2.02. The van der Waals surface area contributed by atoms with Crippen LogP contribution in [0.5, 0.6) is 0 Å². The van der Waals surface area contributed by atoms with E-state index in [1.165, 1.54) is 16.9 Å². The number of sulfone groups is 1. The van der Waals surface area contributed by atoms with E-state index in [9.17, 15) is 13.2 Å². The highest BCUT2D eigenvalue weighted by molar-refractivity contribution is 7.90. The quantitative estimate of drug-likeness (QED) is 0.699. The van der Waals surface area contributed by atoms with Crippen LogP contribution < -0.4 is 4.90 Å². The molecular weight excluding hydrogens is 362 g/mol. The predicted molar refractivity (Wildman–Crippen MR) is 103 cm³/mol. The van der Waals surface area contributed by atoms with E-state index in [2.05, 4.69) is 5.10 Å². The summed E-state index contributed by atoms with van der Waals surface area (Å²) in [6.07, 6.45) is 5.03. The highest BCUT2D eigenvalue weighted by Crippen LogP contribution is 2.33. The van der Waals surface area contributed by atoms with Crippen molar-refractivity contribution in [2.24, 2.45) is 0 Å². The number of hydrogen-bond acceptors (Lipinski definition) is 4. The van der Waals surface area contributed by atoms with E-state index in [0.29, 0.717) is 11.3 Å². The van der Waals surface area contributed by atoms with Crippen molar-refractivity contribution in [1.82, 2.24) is 9.78 Å². The number of anilines is 1. The highest BCUT2D eigenvalue weighted by Gasteiger charge is 2.32. The number of hydrogen-bond donors (Lipinski definition) is 0. The van der Waals surface area contributed by atoms with Crippen LogP contribution in [0.3, 0.4) is 0 Å². The first-order valence-corrected chi connectivity index (χ1v) is 10.5. The number of amides is 1. The maximum Gasteiger partial charge on any atom is 0.261 e. The van der Waals surface area contributed by atoms with Crippen molar-refractivity contribution in [3.05, 3.63) is 72.1 Å². The molecule has 1 aliphatic rings. The minimum atomic E-state index is -3.41. The molecule has 0 saturated carbocycles. The van der Waals surface area contributed by atoms with E-state index in [-0.39, 0.29) is 16.8 Å². The normalized spacial score (nSPS) is 16.4. The molecule has 0 radical (unpaired) electrons. The fourth-order valence-corrected chi connectivity index (χ4v) is 4.41. The van der Waals surface area contributed by atoms with Crippen molar-refractivity contribution in [2.75, 3.05) is 11.2 Å². The van der Waals surface area contributed by atoms with Gasteiger partial charge in [0.25, 0.3) is 5.91 Å². The number of rotatable bonds is 3. The topological polar surface area (TPSA) is 72.3 Å². The zero-order chi connectivity index (χ0) is 19.2. The Morgan fingerprint density at radius 3 is 2.48 bits per heavy atom. The van der Waals surface area contributed by atoms with Crippen molar-refractivity contribution < 1.29 is 13.2 Å². The average Bonchev–Trinajstić information content (AvgIpc) is 3.24. The van der Waals surface area contributed by atoms with E-state index in [1.54, 1.807) is 29.3 Å². The lowest BCUT2D eigenvalue weighted by atomic mass is 10.1. The Labute approximate surface area is 158 Å². The first-order chi connectivity index (χ1) is 12.9. The van der Waals surface area contributed by atoms with Crippen LogP contribution in [-0.4, -0.2) is 36.4 Å². The fraction of sp³-hybridized carbons (Fsp3) is 0.200. The summed E-state index contributed by atoms with van der Waals surface area (Å²) in [5, 5.41) is 4.24. The summed E-state index contributed by atoms with van der Waals surface area (Å²) in [5.41, 5.74) is 2.91. The predicted octanol–water partition coefficient (Wildman–Crippen LogP) is 2.87. The second-order valence-electron chi connectivity index (χ2n) is 6.77. The van der Waals surface area contributed by atoms with Gasteiger partial charge in [0, 0.05) is 24.2 Å². The van der Waals surface area contributed by atoms with E-state index in [4.69, 9.17) is 0 Å². The van der Waals surface area contributed by atoms with Crippen LogP contribution in [0.1, 0.15) is 22.8 Å². The molecule has 0 saturated heterocycles. The molecule has 4 rings (SSSR count). The van der Waals surface area contributed by atoms with Gasteiger partial charge >= 0.3 is 0 Å². The van der Waals surface area contributed by atoms with Crippen molar-refractivity contribution in [3.63, 3.8) is 0 Å². The molecule has 1 atom stereocenters. The molecule has 1 aliphatic heterocycles. The third-order valence-corrected chi connectivity index (χ3v) is 5.91. The molecule has 6 nitrogen and oxygen atoms in total. The number of fused-ring (bicyclic) bond motifs is 1. The van der Waals surface area contributed by atoms with Crippen molar-refractivity contribution in [3.8, 4) is 5.69 Å². The molecule has 0 aliphatic carbocycles. The molecule has 3 aromatic rings. The Morgan fingerprint density at radius 1 is 1.07 bits per heavy atom. The largest absolute Gasteiger partial charge is 0.305 e. The number of carbonyl (C=O) groups is 1. The van der Waals surface area contributed by atoms with E-state index in [1.807, 2.05) is 31.2 Å². The number of carbonyl (C=O) groups excluding carboxylic acids is 1. The third-order valence-electron chi connectivity index (χ3n) is 4.77. The minimum absolute atomic E-state index is 0.0570. The highest BCUT2D eigenvalue weighted by atomic mass is 32.2. The molecule has 0 N–H and O–H groups in total. The first kappa shape index (κ1) is 17.5. The summed E-state index contributed by atoms with van der Waals surface area (Å²) in [4.78, 5) is 15.1. The molecule has 2 aromatic carbocycles. The number of benzene rings is 2. The molecule has 27 heavy (non-hydrogen) atoms. The molecule has 1 aromatic heterocycles. The Balaban J connectivity index is 1.72. The Bertz CT molecular complexity index is 1130. The lowest BCUT2D eigenvalue weighted by Crippen LogP contribution is -2.35. The van der Waals surface area contributed by atoms with Crippen LogP contribution in [0, 0.1) is 0 Å². The van der Waals surface area contributed by atoms with Gasteiger partial charge in [-0.05, 0) is 37.1 Å². The van der Waals surface area contributed by atoms with Crippen LogP contribution in [0.25, 0.3) is 5.69 Å². The second kappa shape index (κ2) is 6.35. The van der Waals surface area contributed by atoms with Crippen molar-refractivity contribution in [1.29, 1.82) is 0 Å². The number of nitrogens with zero attached hydrogens (tertiary/aromatic N) is 3. The smallest absolute Gasteiger partial charge is 0.261 e. The van der Waals surface area contributed by atoms with Gasteiger partial charge in [0.05, 0.1) is 22.3 Å². The fourth-order valence-electron chi connectivity index (χ4n) is 3.54. The van der Waals surface area contributed by atoms with Gasteiger partial charge < -0.3 is 4.90 Å². The first-order valence-electron chi connectivity index (χ1n) is 8.62. The van der Waals surface area contributed by atoms with Crippen molar-refractivity contribution in [2.45, 2.75) is 24.3 Å². The van der Waals surface area contributed by atoms with Crippen molar-refractivity contribution >= 4 is 21.4 Å². The molecule has 138 valence electrons. The van der Waals surface area contributed by atoms with Crippen LogP contribution in [0.4, 0.5) is 5.69 Å². The summed E-state index contributed by atoms with van der Waals surface area (Å²) in [7, 11) is -3.41. The molecule has 1 unspecified atom stereocenters. The third kappa shape index (κ3) is 3.04. The van der Waals surface area contributed by atoms with Gasteiger partial charge in [-0.3, -0.25) is 4.79 Å². The van der Waals surface area contributed by atoms with Crippen LogP contribution >= 0.6 is 0 Å². The molecule has 2 heterocycles. The van der Waals surface area contributed by atoms with Gasteiger partial charge in [0.2, 0.25) is 0 Å². The van der Waals surface area contributed by atoms with E-state index >= 15 is 0 Å². The second-order valence-corrected chi connectivity index (χ2v) is 8.75. The van der Waals surface area contributed by atoms with Gasteiger partial charge in [-0.1, -0.05) is 30.3 Å². The summed E-state index contributed by atoms with van der Waals surface area (Å²) < 4.78 is 25.5. The van der Waals surface area contributed by atoms with Gasteiger partial charge in [0.1, 0.15) is 0 Å². The Hall–Kier alpha value is -2.93. The minimum Gasteiger partial charge on any atom is -0.305 e. The number of aromatic nitrogens is 2. The standard InChI is InChI=1S/C20H19N3O3S/c1-14-11-15-7-3-4-8-17(15)23(14)20(24)16-12-21-22(13-16)18-9-5-6-10-19(18)27(2,25)26/h3-10,12-14H,11H2,1-2H3. The van der Waals surface area contributed by atoms with Gasteiger partial charge in [0.15, 0.2) is 9.84 Å². The average molecular weight is 381 g/mol. The SMILES string of the molecule is CC1Cc2ccccc2N1C(=O)c1cnn(-c2ccccc2S(C)(=O)=O)c1. The maximum atomic E-state index is 13.1. The molecule has 0 spiro atoms. The van der Waals surface area contributed by atoms with Crippen LogP contribution in [0.2, 0.25) is 0 Å². The van der Waals surface area contributed by atoms with Gasteiger partial charge in [-0.15, -0.1) is 0 Å². The summed E-state index contributed by atoms with van der Waals surface area (Å²) in [6, 6.07) is 14.5. The molecule has 0 fully saturated rings. The Kier molecular flexibility index (Phi) is 4.11. The lowest BCUT2D eigenvalue weighted by molar-refractivity contribution is 0.0981. The Morgan fingerprint density at radius 2 is 1.74 bits per heavy atom. The molecule has 7 heteroatoms. The summed E-state index contributed by atoms with van der Waals surface area (Å²) >= 11 is 0. The van der Waals surface area contributed by atoms with Crippen LogP contribution in [-0.2, 0) is 16.3 Å². The zero-order valence-corrected chi connectivity index (χ0v) is 15.8. The molecule has 0 bridgehead atoms. The lowest BCUT2D eigenvalue weighted by Gasteiger charge is -2.21. The number of para-hydroxylation sites is 2. The molecule has 1 amide bonds. The monoisotopic (exact) mass is 381 g/mol. The zero-order valence-electron chi connectivity index (χ0n) is 15.0. The van der Waals surface area contributed by atoms with E-state index < -0.39 is 9.84 Å². The molecular formula is C20H19N3O3S. The maximum absolute atomic E-state index is 13.1.